The fourth-order valence-corrected chi connectivity index (χ4v) is 2.91. The SMILES string of the molecule is CCc1nnsc1C(=O)Cc1nc2ccccc2n1C. The number of fused-ring (bicyclic) bond motifs is 1. The van der Waals surface area contributed by atoms with E-state index in [-0.39, 0.29) is 12.2 Å². The lowest BCUT2D eigenvalue weighted by atomic mass is 10.2. The zero-order chi connectivity index (χ0) is 14.1. The molecule has 0 N–H and O–H groups in total. The molecule has 20 heavy (non-hydrogen) atoms. The summed E-state index contributed by atoms with van der Waals surface area (Å²) in [7, 11) is 1.93. The van der Waals surface area contributed by atoms with Gasteiger partial charge >= 0.3 is 0 Å². The lowest BCUT2D eigenvalue weighted by molar-refractivity contribution is 0.0993. The number of imidazole rings is 1. The summed E-state index contributed by atoms with van der Waals surface area (Å²) >= 11 is 1.17. The van der Waals surface area contributed by atoms with Crippen LogP contribution in [0.15, 0.2) is 24.3 Å². The molecule has 1 aromatic carbocycles. The van der Waals surface area contributed by atoms with Gasteiger partial charge in [0.25, 0.3) is 0 Å². The maximum Gasteiger partial charge on any atom is 0.183 e. The highest BCUT2D eigenvalue weighted by molar-refractivity contribution is 7.08. The van der Waals surface area contributed by atoms with Crippen molar-refractivity contribution in [3.8, 4) is 0 Å². The summed E-state index contributed by atoms with van der Waals surface area (Å²) in [6, 6.07) is 7.87. The van der Waals surface area contributed by atoms with Gasteiger partial charge in [-0.15, -0.1) is 5.10 Å². The Kier molecular flexibility index (Phi) is 3.31. The number of hydrogen-bond donors (Lipinski definition) is 0. The Morgan fingerprint density at radius 1 is 1.35 bits per heavy atom. The van der Waals surface area contributed by atoms with E-state index in [1.54, 1.807) is 0 Å². The first kappa shape index (κ1) is 12.9. The molecule has 3 rings (SSSR count). The number of Topliss-reactive ketones (excluding diaryl/α,β-unsaturated/α-hetero) is 1. The Morgan fingerprint density at radius 2 is 2.15 bits per heavy atom. The van der Waals surface area contributed by atoms with Crippen LogP contribution in [-0.4, -0.2) is 24.9 Å². The summed E-state index contributed by atoms with van der Waals surface area (Å²) < 4.78 is 5.83. The quantitative estimate of drug-likeness (QED) is 0.691. The molecule has 0 amide bonds. The van der Waals surface area contributed by atoms with Crippen molar-refractivity contribution in [1.29, 1.82) is 0 Å². The van der Waals surface area contributed by atoms with E-state index in [1.165, 1.54) is 11.5 Å². The van der Waals surface area contributed by atoms with E-state index in [1.807, 2.05) is 42.8 Å². The maximum atomic E-state index is 12.4. The maximum absolute atomic E-state index is 12.4. The van der Waals surface area contributed by atoms with Gasteiger partial charge in [0.2, 0.25) is 0 Å². The van der Waals surface area contributed by atoms with Crippen LogP contribution in [0.2, 0.25) is 0 Å². The standard InChI is InChI=1S/C14H14N4OS/c1-3-9-14(20-17-16-9)12(19)8-13-15-10-6-4-5-7-11(10)18(13)2/h4-7H,3,8H2,1-2H3. The Hall–Kier alpha value is -2.08. The van der Waals surface area contributed by atoms with E-state index in [0.717, 1.165) is 29.0 Å². The lowest BCUT2D eigenvalue weighted by Gasteiger charge is -2.01. The van der Waals surface area contributed by atoms with Crippen molar-refractivity contribution in [2.24, 2.45) is 7.05 Å². The number of rotatable bonds is 4. The summed E-state index contributed by atoms with van der Waals surface area (Å²) in [5.74, 6) is 0.807. The van der Waals surface area contributed by atoms with E-state index >= 15 is 0 Å². The van der Waals surface area contributed by atoms with Crippen molar-refractivity contribution < 1.29 is 4.79 Å². The molecule has 3 aromatic rings. The van der Waals surface area contributed by atoms with E-state index in [4.69, 9.17) is 0 Å². The Labute approximate surface area is 120 Å². The zero-order valence-electron chi connectivity index (χ0n) is 11.3. The molecule has 0 spiro atoms. The second-order valence-corrected chi connectivity index (χ2v) is 5.33. The van der Waals surface area contributed by atoms with Gasteiger partial charge in [-0.2, -0.15) is 0 Å². The molecule has 0 aliphatic heterocycles. The highest BCUT2D eigenvalue weighted by Gasteiger charge is 2.18. The molecule has 2 aromatic heterocycles. The molecule has 0 aliphatic rings. The van der Waals surface area contributed by atoms with Crippen LogP contribution in [0.5, 0.6) is 0 Å². The van der Waals surface area contributed by atoms with Gasteiger partial charge in [0.05, 0.1) is 23.1 Å². The predicted octanol–water partition coefficient (Wildman–Crippen LogP) is 2.41. The van der Waals surface area contributed by atoms with Gasteiger partial charge in [-0.3, -0.25) is 4.79 Å². The van der Waals surface area contributed by atoms with E-state index in [2.05, 4.69) is 14.6 Å². The summed E-state index contributed by atoms with van der Waals surface area (Å²) in [6.45, 7) is 1.97. The lowest BCUT2D eigenvalue weighted by Crippen LogP contribution is -2.09. The van der Waals surface area contributed by atoms with Crippen molar-refractivity contribution >= 4 is 28.3 Å². The molecule has 0 atom stereocenters. The smallest absolute Gasteiger partial charge is 0.183 e. The number of aromatic nitrogens is 4. The highest BCUT2D eigenvalue weighted by atomic mass is 32.1. The predicted molar refractivity (Wildman–Crippen MR) is 78.0 cm³/mol. The number of nitrogens with zero attached hydrogens (tertiary/aromatic N) is 4. The van der Waals surface area contributed by atoms with Gasteiger partial charge < -0.3 is 4.57 Å². The van der Waals surface area contributed by atoms with Crippen molar-refractivity contribution in [2.45, 2.75) is 19.8 Å². The first-order chi connectivity index (χ1) is 9.70. The van der Waals surface area contributed by atoms with Crippen molar-refractivity contribution in [3.05, 3.63) is 40.7 Å². The van der Waals surface area contributed by atoms with Gasteiger partial charge in [-0.05, 0) is 30.1 Å². The molecule has 6 heteroatoms. The van der Waals surface area contributed by atoms with Gasteiger partial charge in [-0.25, -0.2) is 4.98 Å². The topological polar surface area (TPSA) is 60.7 Å². The average Bonchev–Trinajstić information content (AvgIpc) is 3.05. The van der Waals surface area contributed by atoms with Crippen LogP contribution in [0.1, 0.15) is 28.1 Å². The van der Waals surface area contributed by atoms with Crippen molar-refractivity contribution in [1.82, 2.24) is 19.1 Å². The number of hydrogen-bond acceptors (Lipinski definition) is 5. The Bertz CT molecular complexity index is 774. The number of para-hydroxylation sites is 2. The van der Waals surface area contributed by atoms with Crippen LogP contribution in [0.25, 0.3) is 11.0 Å². The van der Waals surface area contributed by atoms with Crippen LogP contribution in [0.3, 0.4) is 0 Å². The van der Waals surface area contributed by atoms with E-state index in [9.17, 15) is 4.79 Å². The minimum absolute atomic E-state index is 0.0373. The molecule has 102 valence electrons. The summed E-state index contributed by atoms with van der Waals surface area (Å²) in [4.78, 5) is 17.5. The first-order valence-corrected chi connectivity index (χ1v) is 7.22. The van der Waals surface area contributed by atoms with Crippen LogP contribution >= 0.6 is 11.5 Å². The minimum Gasteiger partial charge on any atom is -0.331 e. The van der Waals surface area contributed by atoms with Crippen LogP contribution < -0.4 is 0 Å². The molecule has 0 bridgehead atoms. The van der Waals surface area contributed by atoms with E-state index < -0.39 is 0 Å². The number of carbonyl (C=O) groups excluding carboxylic acids is 1. The second-order valence-electron chi connectivity index (χ2n) is 4.58. The number of carbonyl (C=O) groups is 1. The second kappa shape index (κ2) is 5.13. The molecule has 5 nitrogen and oxygen atoms in total. The molecule has 0 saturated carbocycles. The van der Waals surface area contributed by atoms with Crippen molar-refractivity contribution in [3.63, 3.8) is 0 Å². The Balaban J connectivity index is 1.93. The van der Waals surface area contributed by atoms with Crippen molar-refractivity contribution in [2.75, 3.05) is 0 Å². The van der Waals surface area contributed by atoms with Gasteiger partial charge in [0.15, 0.2) is 5.78 Å². The van der Waals surface area contributed by atoms with Crippen LogP contribution in [-0.2, 0) is 19.9 Å². The number of ketones is 1. The third-order valence-electron chi connectivity index (χ3n) is 3.34. The fourth-order valence-electron chi connectivity index (χ4n) is 2.23. The van der Waals surface area contributed by atoms with Crippen LogP contribution in [0.4, 0.5) is 0 Å². The monoisotopic (exact) mass is 286 g/mol. The number of benzene rings is 1. The average molecular weight is 286 g/mol. The molecular formula is C14H14N4OS. The fraction of sp³-hybridized carbons (Fsp3) is 0.286. The van der Waals surface area contributed by atoms with E-state index in [0.29, 0.717) is 4.88 Å². The zero-order valence-corrected chi connectivity index (χ0v) is 12.1. The molecule has 0 radical (unpaired) electrons. The largest absolute Gasteiger partial charge is 0.331 e. The molecule has 0 aliphatic carbocycles. The third-order valence-corrected chi connectivity index (χ3v) is 4.15. The molecular weight excluding hydrogens is 272 g/mol. The van der Waals surface area contributed by atoms with Gasteiger partial charge in [0, 0.05) is 7.05 Å². The summed E-state index contributed by atoms with van der Waals surface area (Å²) in [5.41, 5.74) is 2.73. The van der Waals surface area contributed by atoms with Gasteiger partial charge in [0.1, 0.15) is 10.7 Å². The summed E-state index contributed by atoms with van der Waals surface area (Å²) in [5, 5.41) is 3.98. The molecule has 0 unspecified atom stereocenters. The normalized spacial score (nSPS) is 11.1. The van der Waals surface area contributed by atoms with Gasteiger partial charge in [-0.1, -0.05) is 23.5 Å². The highest BCUT2D eigenvalue weighted by Crippen LogP contribution is 2.18. The van der Waals surface area contributed by atoms with Crippen LogP contribution in [0, 0.1) is 0 Å². The molecule has 0 fully saturated rings. The Morgan fingerprint density at radius 3 is 2.90 bits per heavy atom. The first-order valence-electron chi connectivity index (χ1n) is 6.45. The summed E-state index contributed by atoms with van der Waals surface area (Å²) in [6.07, 6.45) is 1.00. The number of aryl methyl sites for hydroxylation is 2. The third kappa shape index (κ3) is 2.12. The minimum atomic E-state index is 0.0373. The molecule has 2 heterocycles. The molecule has 0 saturated heterocycles.